The van der Waals surface area contributed by atoms with Crippen molar-refractivity contribution < 1.29 is 14.3 Å². The number of hydrogen-bond acceptors (Lipinski definition) is 4. The van der Waals surface area contributed by atoms with Crippen LogP contribution in [-0.2, 0) is 22.6 Å². The molecule has 1 aliphatic heterocycles. The van der Waals surface area contributed by atoms with Gasteiger partial charge in [-0.3, -0.25) is 9.69 Å². The lowest BCUT2D eigenvalue weighted by Crippen LogP contribution is -2.36. The lowest BCUT2D eigenvalue weighted by atomic mass is 10.1. The van der Waals surface area contributed by atoms with E-state index in [-0.39, 0.29) is 5.91 Å². The molecule has 1 heterocycles. The molecule has 0 spiro atoms. The van der Waals surface area contributed by atoms with E-state index < -0.39 is 6.10 Å². The smallest absolute Gasteiger partial charge is 0.261 e. The standard InChI is InChI=1S/C21H25BrN2O3/c1-16(27-20-7-5-19(22)6-8-20)21(25)23-14-17-3-2-4-18(13-17)15-24-9-11-26-12-10-24/h2-8,13,16H,9-12,14-15H2,1H3,(H,23,25)/t16-/m0/s1. The molecule has 3 rings (SSSR count). The first-order valence-electron chi connectivity index (χ1n) is 9.18. The van der Waals surface area contributed by atoms with Crippen molar-refractivity contribution in [2.75, 3.05) is 26.3 Å². The van der Waals surface area contributed by atoms with E-state index in [1.165, 1.54) is 5.56 Å². The van der Waals surface area contributed by atoms with Crippen molar-refractivity contribution in [3.63, 3.8) is 0 Å². The molecule has 1 atom stereocenters. The number of nitrogens with zero attached hydrogens (tertiary/aromatic N) is 1. The summed E-state index contributed by atoms with van der Waals surface area (Å²) in [6.45, 7) is 6.68. The van der Waals surface area contributed by atoms with Gasteiger partial charge in [0.2, 0.25) is 0 Å². The van der Waals surface area contributed by atoms with Crippen LogP contribution in [0.15, 0.2) is 53.0 Å². The van der Waals surface area contributed by atoms with E-state index >= 15 is 0 Å². The predicted octanol–water partition coefficient (Wildman–Crippen LogP) is 3.37. The minimum absolute atomic E-state index is 0.128. The van der Waals surface area contributed by atoms with Crippen LogP contribution in [0.2, 0.25) is 0 Å². The van der Waals surface area contributed by atoms with Crippen LogP contribution < -0.4 is 10.1 Å². The average Bonchev–Trinajstić information content (AvgIpc) is 2.69. The van der Waals surface area contributed by atoms with Gasteiger partial charge in [0.1, 0.15) is 5.75 Å². The fraction of sp³-hybridized carbons (Fsp3) is 0.381. The van der Waals surface area contributed by atoms with Gasteiger partial charge in [-0.25, -0.2) is 0 Å². The Kier molecular flexibility index (Phi) is 7.26. The first-order valence-corrected chi connectivity index (χ1v) is 9.97. The number of rotatable bonds is 7. The average molecular weight is 433 g/mol. The van der Waals surface area contributed by atoms with Gasteiger partial charge in [-0.2, -0.15) is 0 Å². The molecule has 0 radical (unpaired) electrons. The summed E-state index contributed by atoms with van der Waals surface area (Å²) < 4.78 is 12.1. The summed E-state index contributed by atoms with van der Waals surface area (Å²) >= 11 is 3.38. The largest absolute Gasteiger partial charge is 0.481 e. The SMILES string of the molecule is C[C@H](Oc1ccc(Br)cc1)C(=O)NCc1cccc(CN2CCOCC2)c1. The lowest BCUT2D eigenvalue weighted by Gasteiger charge is -2.26. The Hall–Kier alpha value is -1.89. The van der Waals surface area contributed by atoms with Gasteiger partial charge in [0.25, 0.3) is 5.91 Å². The van der Waals surface area contributed by atoms with Crippen molar-refractivity contribution in [2.45, 2.75) is 26.1 Å². The molecule has 6 heteroatoms. The Morgan fingerprint density at radius 1 is 1.19 bits per heavy atom. The topological polar surface area (TPSA) is 50.8 Å². The molecular weight excluding hydrogens is 408 g/mol. The monoisotopic (exact) mass is 432 g/mol. The number of morpholine rings is 1. The second kappa shape index (κ2) is 9.88. The minimum atomic E-state index is -0.553. The van der Waals surface area contributed by atoms with E-state index in [4.69, 9.17) is 9.47 Å². The molecule has 1 fully saturated rings. The molecule has 0 saturated carbocycles. The number of carbonyl (C=O) groups excluding carboxylic acids is 1. The number of amides is 1. The van der Waals surface area contributed by atoms with E-state index in [9.17, 15) is 4.79 Å². The maximum absolute atomic E-state index is 12.3. The maximum atomic E-state index is 12.3. The molecule has 1 saturated heterocycles. The Morgan fingerprint density at radius 3 is 2.63 bits per heavy atom. The molecule has 0 aliphatic carbocycles. The molecule has 2 aromatic carbocycles. The Bertz CT molecular complexity index is 745. The Morgan fingerprint density at radius 2 is 1.89 bits per heavy atom. The van der Waals surface area contributed by atoms with E-state index in [0.717, 1.165) is 42.9 Å². The molecule has 0 unspecified atom stereocenters. The molecule has 1 aliphatic rings. The van der Waals surface area contributed by atoms with Crippen LogP contribution in [0.5, 0.6) is 5.75 Å². The van der Waals surface area contributed by atoms with Crippen molar-refractivity contribution in [2.24, 2.45) is 0 Å². The third-order valence-electron chi connectivity index (χ3n) is 4.46. The molecule has 0 aromatic heterocycles. The summed E-state index contributed by atoms with van der Waals surface area (Å²) in [4.78, 5) is 14.7. The fourth-order valence-electron chi connectivity index (χ4n) is 2.96. The van der Waals surface area contributed by atoms with Crippen molar-refractivity contribution in [3.8, 4) is 5.75 Å². The maximum Gasteiger partial charge on any atom is 0.261 e. The fourth-order valence-corrected chi connectivity index (χ4v) is 3.22. The molecule has 0 bridgehead atoms. The lowest BCUT2D eigenvalue weighted by molar-refractivity contribution is -0.127. The second-order valence-electron chi connectivity index (χ2n) is 6.64. The van der Waals surface area contributed by atoms with Gasteiger partial charge >= 0.3 is 0 Å². The molecule has 5 nitrogen and oxygen atoms in total. The highest BCUT2D eigenvalue weighted by Gasteiger charge is 2.15. The van der Waals surface area contributed by atoms with Crippen LogP contribution in [0.3, 0.4) is 0 Å². The zero-order chi connectivity index (χ0) is 19.1. The number of carbonyl (C=O) groups is 1. The Labute approximate surface area is 168 Å². The van der Waals surface area contributed by atoms with Crippen molar-refractivity contribution in [3.05, 3.63) is 64.1 Å². The normalized spacial score (nSPS) is 15.9. The van der Waals surface area contributed by atoms with Crippen LogP contribution in [0.1, 0.15) is 18.1 Å². The van der Waals surface area contributed by atoms with Gasteiger partial charge < -0.3 is 14.8 Å². The molecule has 144 valence electrons. The van der Waals surface area contributed by atoms with Gasteiger partial charge in [-0.15, -0.1) is 0 Å². The molecule has 27 heavy (non-hydrogen) atoms. The van der Waals surface area contributed by atoms with Gasteiger partial charge in [0.15, 0.2) is 6.10 Å². The minimum Gasteiger partial charge on any atom is -0.481 e. The van der Waals surface area contributed by atoms with Crippen LogP contribution in [0.25, 0.3) is 0 Å². The third kappa shape index (κ3) is 6.34. The first-order chi connectivity index (χ1) is 13.1. The van der Waals surface area contributed by atoms with Crippen molar-refractivity contribution in [1.82, 2.24) is 10.2 Å². The van der Waals surface area contributed by atoms with E-state index in [1.54, 1.807) is 6.92 Å². The first kappa shape index (κ1) is 19.9. The molecule has 1 amide bonds. The number of nitrogens with one attached hydrogen (secondary N) is 1. The van der Waals surface area contributed by atoms with E-state index in [1.807, 2.05) is 36.4 Å². The van der Waals surface area contributed by atoms with Crippen LogP contribution in [0, 0.1) is 0 Å². The summed E-state index contributed by atoms with van der Waals surface area (Å²) in [7, 11) is 0. The van der Waals surface area contributed by atoms with E-state index in [2.05, 4.69) is 38.3 Å². The van der Waals surface area contributed by atoms with Gasteiger partial charge in [0, 0.05) is 30.7 Å². The number of hydrogen-bond donors (Lipinski definition) is 1. The van der Waals surface area contributed by atoms with Gasteiger partial charge in [-0.1, -0.05) is 40.2 Å². The van der Waals surface area contributed by atoms with Crippen molar-refractivity contribution in [1.29, 1.82) is 0 Å². The summed E-state index contributed by atoms with van der Waals surface area (Å²) in [5.41, 5.74) is 2.34. The van der Waals surface area contributed by atoms with Crippen molar-refractivity contribution >= 4 is 21.8 Å². The van der Waals surface area contributed by atoms with Crippen LogP contribution >= 0.6 is 15.9 Å². The number of halogens is 1. The summed E-state index contributed by atoms with van der Waals surface area (Å²) in [5.74, 6) is 0.546. The zero-order valence-electron chi connectivity index (χ0n) is 15.5. The summed E-state index contributed by atoms with van der Waals surface area (Å²) in [6.07, 6.45) is -0.553. The second-order valence-corrected chi connectivity index (χ2v) is 7.56. The van der Waals surface area contributed by atoms with Gasteiger partial charge in [0.05, 0.1) is 13.2 Å². The summed E-state index contributed by atoms with van der Waals surface area (Å²) in [6, 6.07) is 15.8. The zero-order valence-corrected chi connectivity index (χ0v) is 17.1. The highest BCUT2D eigenvalue weighted by atomic mass is 79.9. The van der Waals surface area contributed by atoms with Crippen LogP contribution in [0.4, 0.5) is 0 Å². The highest BCUT2D eigenvalue weighted by molar-refractivity contribution is 9.10. The third-order valence-corrected chi connectivity index (χ3v) is 4.99. The predicted molar refractivity (Wildman–Crippen MR) is 109 cm³/mol. The molecule has 1 N–H and O–H groups in total. The Balaban J connectivity index is 1.49. The van der Waals surface area contributed by atoms with E-state index in [0.29, 0.717) is 12.3 Å². The molecule has 2 aromatic rings. The quantitative estimate of drug-likeness (QED) is 0.728. The number of ether oxygens (including phenoxy) is 2. The molecular formula is C21H25BrN2O3. The highest BCUT2D eigenvalue weighted by Crippen LogP contribution is 2.17. The van der Waals surface area contributed by atoms with Crippen LogP contribution in [-0.4, -0.2) is 43.2 Å². The van der Waals surface area contributed by atoms with Gasteiger partial charge in [-0.05, 0) is 42.3 Å². The number of benzene rings is 2. The summed E-state index contributed by atoms with van der Waals surface area (Å²) in [5, 5.41) is 2.95.